The van der Waals surface area contributed by atoms with Crippen molar-refractivity contribution in [2.75, 3.05) is 31.5 Å². The van der Waals surface area contributed by atoms with E-state index < -0.39 is 26.1 Å². The average molecular weight is 943 g/mol. The fraction of sp³-hybridized carbons (Fsp3) is 0.583. The summed E-state index contributed by atoms with van der Waals surface area (Å²) in [6.45, 7) is 17.4. The lowest BCUT2D eigenvalue weighted by molar-refractivity contribution is 0.162. The smallest absolute Gasteiger partial charge is 0.333 e. The SMILES string of the molecule is CC(C)(C)n1nc(S(=O)(=O)NC(=O)Nc2c3c(cc4c2CCC4)CCC3)cc1CN1CCC1.CC(C)(C)n1nc(S(N)(=O)=O)cc1CN1CCC1.N#COc1c2c(cc3c1CCC3)CCC2. The van der Waals surface area contributed by atoms with E-state index in [1.165, 1.54) is 52.6 Å². The van der Waals surface area contributed by atoms with E-state index in [2.05, 4.69) is 42.2 Å². The second-order valence-corrected chi connectivity index (χ2v) is 23.7. The normalized spacial score (nSPS) is 17.7. The highest BCUT2D eigenvalue weighted by molar-refractivity contribution is 7.90. The van der Waals surface area contributed by atoms with Crippen molar-refractivity contribution >= 4 is 31.8 Å². The van der Waals surface area contributed by atoms with Gasteiger partial charge in [-0.15, -0.1) is 5.26 Å². The van der Waals surface area contributed by atoms with Gasteiger partial charge >= 0.3 is 6.03 Å². The molecule has 4 heterocycles. The number of likely N-dealkylation sites (tertiary alicyclic amines) is 2. The van der Waals surface area contributed by atoms with E-state index >= 15 is 0 Å². The number of benzene rings is 2. The monoisotopic (exact) mass is 942 g/mol. The van der Waals surface area contributed by atoms with Gasteiger partial charge in [-0.05, 0) is 202 Å². The zero-order valence-corrected chi connectivity index (χ0v) is 41.1. The maximum atomic E-state index is 13.1. The number of hydrogen-bond acceptors (Lipinski definition) is 11. The minimum atomic E-state index is -4.11. The Balaban J connectivity index is 0.000000150. The summed E-state index contributed by atoms with van der Waals surface area (Å²) < 4.78 is 59.9. The largest absolute Gasteiger partial charge is 0.387 e. The molecule has 2 aromatic heterocycles. The number of rotatable bonds is 9. The van der Waals surface area contributed by atoms with Crippen LogP contribution >= 0.6 is 0 Å². The molecule has 0 atom stereocenters. The first-order chi connectivity index (χ1) is 31.2. The molecule has 2 fully saturated rings. The highest BCUT2D eigenvalue weighted by Crippen LogP contribution is 2.41. The van der Waals surface area contributed by atoms with E-state index in [0.717, 1.165) is 137 Å². The van der Waals surface area contributed by atoms with E-state index in [1.54, 1.807) is 21.5 Å². The van der Waals surface area contributed by atoms with Crippen molar-refractivity contribution in [3.05, 3.63) is 80.2 Å². The molecule has 2 amide bonds. The number of nitrogens with zero attached hydrogens (tertiary/aromatic N) is 7. The molecule has 10 rings (SSSR count). The van der Waals surface area contributed by atoms with Crippen LogP contribution < -0.4 is 19.9 Å². The maximum Gasteiger partial charge on any atom is 0.333 e. The molecule has 0 radical (unpaired) electrons. The van der Waals surface area contributed by atoms with E-state index in [-0.39, 0.29) is 21.1 Å². The van der Waals surface area contributed by atoms with Crippen molar-refractivity contribution in [3.8, 4) is 12.0 Å². The average Bonchev–Trinajstić information content (AvgIpc) is 4.04. The van der Waals surface area contributed by atoms with Crippen LogP contribution in [0.4, 0.5) is 10.5 Å². The number of primary sulfonamides is 1. The molecule has 4 aliphatic carbocycles. The number of ether oxygens (including phenoxy) is 1. The summed E-state index contributed by atoms with van der Waals surface area (Å²) >= 11 is 0. The summed E-state index contributed by atoms with van der Waals surface area (Å²) in [6, 6.07) is 7.08. The van der Waals surface area contributed by atoms with Gasteiger partial charge in [0.25, 0.3) is 26.3 Å². The van der Waals surface area contributed by atoms with Gasteiger partial charge in [-0.2, -0.15) is 18.6 Å². The Morgan fingerprint density at radius 2 is 1.06 bits per heavy atom. The van der Waals surface area contributed by atoms with Gasteiger partial charge < -0.3 is 10.1 Å². The van der Waals surface area contributed by atoms with Crippen LogP contribution in [0.2, 0.25) is 0 Å². The van der Waals surface area contributed by atoms with Gasteiger partial charge in [0.15, 0.2) is 10.1 Å². The van der Waals surface area contributed by atoms with E-state index in [1.807, 2.05) is 47.8 Å². The van der Waals surface area contributed by atoms with Crippen LogP contribution in [0.25, 0.3) is 0 Å². The molecule has 18 heteroatoms. The van der Waals surface area contributed by atoms with Crippen molar-refractivity contribution in [1.82, 2.24) is 34.1 Å². The topological polar surface area (TPSA) is 211 Å². The Bertz CT molecular complexity index is 2700. The van der Waals surface area contributed by atoms with Crippen molar-refractivity contribution in [2.24, 2.45) is 5.14 Å². The number of fused-ring (bicyclic) bond motifs is 4. The molecule has 0 spiro atoms. The van der Waals surface area contributed by atoms with Crippen molar-refractivity contribution in [2.45, 2.75) is 166 Å². The molecule has 356 valence electrons. The molecule has 2 aliphatic heterocycles. The second-order valence-electron chi connectivity index (χ2n) is 20.6. The number of nitriles is 1. The van der Waals surface area contributed by atoms with Gasteiger partial charge in [-0.25, -0.2) is 23.1 Å². The number of aromatic nitrogens is 4. The molecule has 2 saturated heterocycles. The molecule has 2 aromatic carbocycles. The molecular formula is C48H66N10O6S2. The first kappa shape index (κ1) is 47.7. The molecule has 4 N–H and O–H groups in total. The van der Waals surface area contributed by atoms with E-state index in [0.29, 0.717) is 6.54 Å². The quantitative estimate of drug-likeness (QED) is 0.158. The minimum absolute atomic E-state index is 0.0482. The number of amides is 2. The fourth-order valence-corrected chi connectivity index (χ4v) is 11.6. The lowest BCUT2D eigenvalue weighted by atomic mass is 9.99. The number of sulfonamides is 2. The van der Waals surface area contributed by atoms with Crippen molar-refractivity contribution in [1.29, 1.82) is 5.26 Å². The third-order valence-electron chi connectivity index (χ3n) is 13.5. The fourth-order valence-electron chi connectivity index (χ4n) is 10.2. The van der Waals surface area contributed by atoms with Gasteiger partial charge in [0.1, 0.15) is 5.75 Å². The van der Waals surface area contributed by atoms with Gasteiger partial charge in [0.05, 0.1) is 22.5 Å². The number of aryl methyl sites for hydroxylation is 4. The molecule has 0 unspecified atom stereocenters. The van der Waals surface area contributed by atoms with Crippen LogP contribution in [0.3, 0.4) is 0 Å². The van der Waals surface area contributed by atoms with Crippen LogP contribution in [0, 0.1) is 11.5 Å². The second kappa shape index (κ2) is 18.7. The van der Waals surface area contributed by atoms with Crippen LogP contribution in [0.15, 0.2) is 34.3 Å². The van der Waals surface area contributed by atoms with Gasteiger partial charge in [0.2, 0.25) is 0 Å². The number of nitrogens with two attached hydrogens (primary N) is 1. The molecule has 0 bridgehead atoms. The molecule has 16 nitrogen and oxygen atoms in total. The molecule has 6 aliphatic rings. The lowest BCUT2D eigenvalue weighted by Crippen LogP contribution is -2.38. The Kier molecular flexibility index (Phi) is 13.5. The summed E-state index contributed by atoms with van der Waals surface area (Å²) in [5.41, 5.74) is 12.3. The van der Waals surface area contributed by atoms with Crippen LogP contribution in [0.5, 0.6) is 5.75 Å². The van der Waals surface area contributed by atoms with Gasteiger partial charge in [-0.1, -0.05) is 12.1 Å². The van der Waals surface area contributed by atoms with E-state index in [9.17, 15) is 21.6 Å². The summed E-state index contributed by atoms with van der Waals surface area (Å²) in [5.74, 6) is 0.903. The first-order valence-corrected chi connectivity index (χ1v) is 26.6. The van der Waals surface area contributed by atoms with Crippen molar-refractivity contribution in [3.63, 3.8) is 0 Å². The Labute approximate surface area is 390 Å². The Morgan fingerprint density at radius 1 is 0.652 bits per heavy atom. The highest BCUT2D eigenvalue weighted by atomic mass is 32.2. The third kappa shape index (κ3) is 10.3. The first-order valence-electron chi connectivity index (χ1n) is 23.6. The highest BCUT2D eigenvalue weighted by Gasteiger charge is 2.31. The van der Waals surface area contributed by atoms with Gasteiger partial charge in [0, 0.05) is 30.9 Å². The summed E-state index contributed by atoms with van der Waals surface area (Å²) in [7, 11) is -7.85. The zero-order valence-electron chi connectivity index (χ0n) is 39.4. The van der Waals surface area contributed by atoms with E-state index in [4.69, 9.17) is 15.1 Å². The van der Waals surface area contributed by atoms with Gasteiger partial charge in [-0.3, -0.25) is 19.2 Å². The Hall–Kier alpha value is -4.80. The third-order valence-corrected chi connectivity index (χ3v) is 15.5. The number of anilines is 1. The molecule has 66 heavy (non-hydrogen) atoms. The zero-order chi connectivity index (χ0) is 47.2. The molecule has 0 saturated carbocycles. The van der Waals surface area contributed by atoms with Crippen molar-refractivity contribution < 1.29 is 26.4 Å². The van der Waals surface area contributed by atoms with Crippen LogP contribution in [-0.2, 0) is 95.6 Å². The number of hydrogen-bond donors (Lipinski definition) is 3. The lowest BCUT2D eigenvalue weighted by Gasteiger charge is -2.32. The predicted octanol–water partition coefficient (Wildman–Crippen LogP) is 6.35. The Morgan fingerprint density at radius 3 is 1.45 bits per heavy atom. The number of urea groups is 1. The predicted molar refractivity (Wildman–Crippen MR) is 252 cm³/mol. The summed E-state index contributed by atoms with van der Waals surface area (Å²) in [5, 5.41) is 25.1. The summed E-state index contributed by atoms with van der Waals surface area (Å²) in [4.78, 5) is 17.4. The maximum absolute atomic E-state index is 13.1. The molecule has 4 aromatic rings. The number of carbonyl (C=O) groups excluding carboxylic acids is 1. The van der Waals surface area contributed by atoms with Crippen LogP contribution in [0.1, 0.15) is 136 Å². The summed E-state index contributed by atoms with van der Waals surface area (Å²) in [6.07, 6.45) is 17.1. The standard InChI is InChI=1S/C24H33N5O3S.C13H13NO.C11H20N4O2S/c1-24(2,3)29-18(15-28-11-6-12-28)14-21(26-29)33(31,32)27-23(30)25-22-19-9-4-7-16(19)13-17-8-5-10-20(17)22;14-8-15-13-11-5-1-3-9(11)7-10-4-2-6-12(10)13;1-11(2,3)15-9(8-14-5-4-6-14)7-10(13-15)18(12,16)17/h13-14H,4-12,15H2,1-3H3,(H2,25,27,30);7H,1-6H2;7H,4-6,8H2,1-3H3,(H2,12,16,17). The molecular weight excluding hydrogens is 877 g/mol. The van der Waals surface area contributed by atoms with Crippen LogP contribution in [-0.4, -0.2) is 78.4 Å². The number of carbonyl (C=O) groups is 1. The number of nitrogens with one attached hydrogen (secondary N) is 2. The minimum Gasteiger partial charge on any atom is -0.387 e.